The van der Waals surface area contributed by atoms with Crippen molar-refractivity contribution in [1.29, 1.82) is 5.26 Å². The number of hydrogen-bond donors (Lipinski definition) is 1. The molecule has 1 aromatic rings. The lowest BCUT2D eigenvalue weighted by molar-refractivity contribution is -0.131. The van der Waals surface area contributed by atoms with Gasteiger partial charge < -0.3 is 10.2 Å². The van der Waals surface area contributed by atoms with Gasteiger partial charge in [0.05, 0.1) is 17.3 Å². The van der Waals surface area contributed by atoms with Gasteiger partial charge in [-0.25, -0.2) is 8.78 Å². The molecule has 0 bridgehead atoms. The molecule has 1 N–H and O–H groups in total. The van der Waals surface area contributed by atoms with E-state index in [2.05, 4.69) is 10.5 Å². The summed E-state index contributed by atoms with van der Waals surface area (Å²) >= 11 is 0. The summed E-state index contributed by atoms with van der Waals surface area (Å²) in [5, 5.41) is 14.5. The van der Waals surface area contributed by atoms with Crippen molar-refractivity contribution in [3.8, 4) is 6.07 Å². The Kier molecular flexibility index (Phi) is 3.94. The van der Waals surface area contributed by atoms with Crippen LogP contribution in [0.4, 0.5) is 8.78 Å². The first-order valence-corrected chi connectivity index (χ1v) is 5.90. The van der Waals surface area contributed by atoms with Crippen molar-refractivity contribution in [2.24, 2.45) is 5.16 Å². The predicted octanol–water partition coefficient (Wildman–Crippen LogP) is 1.49. The van der Waals surface area contributed by atoms with Gasteiger partial charge in [0, 0.05) is 6.42 Å². The number of nitriles is 1. The summed E-state index contributed by atoms with van der Waals surface area (Å²) in [5.41, 5.74) is -0.263. The van der Waals surface area contributed by atoms with E-state index in [0.29, 0.717) is 0 Å². The standard InChI is InChI=1S/C13H11F2N3O2/c1-7(6-16)17-13(19)11-5-10(18-20-11)12-8(14)3-2-4-9(12)15/h2-4,7,11H,5H2,1H3,(H,17,19). The van der Waals surface area contributed by atoms with Crippen LogP contribution in [0.2, 0.25) is 0 Å². The van der Waals surface area contributed by atoms with Gasteiger partial charge in [-0.05, 0) is 19.1 Å². The van der Waals surface area contributed by atoms with Gasteiger partial charge in [0.15, 0.2) is 0 Å². The smallest absolute Gasteiger partial charge is 0.265 e. The van der Waals surface area contributed by atoms with Crippen molar-refractivity contribution in [3.05, 3.63) is 35.4 Å². The normalized spacial score (nSPS) is 18.7. The van der Waals surface area contributed by atoms with Crippen LogP contribution in [0.1, 0.15) is 18.9 Å². The highest BCUT2D eigenvalue weighted by atomic mass is 19.1. The third-order valence-electron chi connectivity index (χ3n) is 2.77. The molecule has 2 rings (SSSR count). The number of benzene rings is 1. The van der Waals surface area contributed by atoms with Crippen LogP contribution in [0.25, 0.3) is 0 Å². The Morgan fingerprint density at radius 3 is 2.80 bits per heavy atom. The highest BCUT2D eigenvalue weighted by Crippen LogP contribution is 2.21. The molecule has 0 saturated carbocycles. The molecule has 0 aromatic heterocycles. The lowest BCUT2D eigenvalue weighted by atomic mass is 10.0. The van der Waals surface area contributed by atoms with E-state index >= 15 is 0 Å². The van der Waals surface area contributed by atoms with E-state index in [0.717, 1.165) is 12.1 Å². The lowest BCUT2D eigenvalue weighted by Crippen LogP contribution is -2.39. The zero-order chi connectivity index (χ0) is 14.7. The fourth-order valence-corrected chi connectivity index (χ4v) is 1.78. The maximum Gasteiger partial charge on any atom is 0.265 e. The van der Waals surface area contributed by atoms with Crippen LogP contribution in [-0.4, -0.2) is 23.8 Å². The second-order valence-electron chi connectivity index (χ2n) is 4.29. The van der Waals surface area contributed by atoms with E-state index in [4.69, 9.17) is 10.1 Å². The SMILES string of the molecule is CC(C#N)NC(=O)C1CC(c2c(F)cccc2F)=NO1. The molecule has 1 aliphatic rings. The predicted molar refractivity (Wildman–Crippen MR) is 65.6 cm³/mol. The van der Waals surface area contributed by atoms with Crippen molar-refractivity contribution < 1.29 is 18.4 Å². The maximum absolute atomic E-state index is 13.6. The number of amides is 1. The molecule has 0 aliphatic carbocycles. The molecule has 0 radical (unpaired) electrons. The average Bonchev–Trinajstić information content (AvgIpc) is 2.88. The molecule has 0 saturated heterocycles. The number of halogens is 2. The molecule has 0 fully saturated rings. The van der Waals surface area contributed by atoms with Crippen molar-refractivity contribution in [1.82, 2.24) is 5.32 Å². The van der Waals surface area contributed by atoms with E-state index in [1.807, 2.05) is 6.07 Å². The summed E-state index contributed by atoms with van der Waals surface area (Å²) in [6, 6.07) is 4.60. The first-order chi connectivity index (χ1) is 9.52. The van der Waals surface area contributed by atoms with Gasteiger partial charge in [-0.3, -0.25) is 4.79 Å². The van der Waals surface area contributed by atoms with Gasteiger partial charge in [0.2, 0.25) is 6.10 Å². The van der Waals surface area contributed by atoms with Crippen molar-refractivity contribution in [2.75, 3.05) is 0 Å². The number of oxime groups is 1. The van der Waals surface area contributed by atoms with Crippen molar-refractivity contribution in [3.63, 3.8) is 0 Å². The summed E-state index contributed by atoms with van der Waals surface area (Å²) in [7, 11) is 0. The maximum atomic E-state index is 13.6. The Morgan fingerprint density at radius 2 is 2.20 bits per heavy atom. The molecule has 1 heterocycles. The summed E-state index contributed by atoms with van der Waals surface area (Å²) in [6.07, 6.45) is -1.04. The Balaban J connectivity index is 2.09. The molecule has 2 atom stereocenters. The molecule has 104 valence electrons. The highest BCUT2D eigenvalue weighted by molar-refractivity contribution is 6.04. The molecule has 1 aromatic carbocycles. The van der Waals surface area contributed by atoms with Crippen LogP contribution in [0.15, 0.2) is 23.4 Å². The second kappa shape index (κ2) is 5.65. The largest absolute Gasteiger partial charge is 0.382 e. The molecular weight excluding hydrogens is 268 g/mol. The minimum absolute atomic E-state index is 0.0327. The van der Waals surface area contributed by atoms with Crippen molar-refractivity contribution >= 4 is 11.6 Å². The average molecular weight is 279 g/mol. The fraction of sp³-hybridized carbons (Fsp3) is 0.308. The van der Waals surface area contributed by atoms with Gasteiger partial charge >= 0.3 is 0 Å². The molecular formula is C13H11F2N3O2. The van der Waals surface area contributed by atoms with E-state index in [9.17, 15) is 13.6 Å². The van der Waals surface area contributed by atoms with E-state index in [1.165, 1.54) is 13.0 Å². The number of hydrogen-bond acceptors (Lipinski definition) is 4. The quantitative estimate of drug-likeness (QED) is 0.910. The first-order valence-electron chi connectivity index (χ1n) is 5.90. The zero-order valence-corrected chi connectivity index (χ0v) is 10.6. The molecule has 5 nitrogen and oxygen atoms in total. The lowest BCUT2D eigenvalue weighted by Gasteiger charge is -2.10. The summed E-state index contributed by atoms with van der Waals surface area (Å²) in [5.74, 6) is -2.08. The summed E-state index contributed by atoms with van der Waals surface area (Å²) in [6.45, 7) is 1.51. The molecule has 0 spiro atoms. The van der Waals surface area contributed by atoms with E-state index in [1.54, 1.807) is 0 Å². The minimum atomic E-state index is -0.986. The van der Waals surface area contributed by atoms with E-state index in [-0.39, 0.29) is 17.7 Å². The number of nitrogens with one attached hydrogen (secondary N) is 1. The Labute approximate surface area is 113 Å². The highest BCUT2D eigenvalue weighted by Gasteiger charge is 2.31. The van der Waals surface area contributed by atoms with Gasteiger partial charge in [-0.1, -0.05) is 11.2 Å². The number of nitrogens with zero attached hydrogens (tertiary/aromatic N) is 2. The molecule has 7 heteroatoms. The molecule has 20 heavy (non-hydrogen) atoms. The molecule has 2 unspecified atom stereocenters. The van der Waals surface area contributed by atoms with E-state index < -0.39 is 29.7 Å². The van der Waals surface area contributed by atoms with Crippen LogP contribution in [-0.2, 0) is 9.63 Å². The van der Waals surface area contributed by atoms with Gasteiger partial charge in [-0.2, -0.15) is 5.26 Å². The third-order valence-corrected chi connectivity index (χ3v) is 2.77. The Hall–Kier alpha value is -2.49. The first kappa shape index (κ1) is 13.9. The monoisotopic (exact) mass is 279 g/mol. The second-order valence-corrected chi connectivity index (χ2v) is 4.29. The molecule has 1 amide bonds. The van der Waals surface area contributed by atoms with Crippen LogP contribution in [0.3, 0.4) is 0 Å². The van der Waals surface area contributed by atoms with Crippen LogP contribution in [0.5, 0.6) is 0 Å². The Bertz CT molecular complexity index is 590. The summed E-state index contributed by atoms with van der Waals surface area (Å²) < 4.78 is 27.2. The van der Waals surface area contributed by atoms with Gasteiger partial charge in [0.25, 0.3) is 5.91 Å². The molecule has 1 aliphatic heterocycles. The van der Waals surface area contributed by atoms with Gasteiger partial charge in [0.1, 0.15) is 17.7 Å². The number of rotatable bonds is 3. The number of carbonyl (C=O) groups excluding carboxylic acids is 1. The fourth-order valence-electron chi connectivity index (χ4n) is 1.78. The third kappa shape index (κ3) is 2.74. The van der Waals surface area contributed by atoms with Gasteiger partial charge in [-0.15, -0.1) is 0 Å². The number of carbonyl (C=O) groups is 1. The summed E-state index contributed by atoms with van der Waals surface area (Å²) in [4.78, 5) is 16.6. The zero-order valence-electron chi connectivity index (χ0n) is 10.6. The van der Waals surface area contributed by atoms with Crippen LogP contribution in [0, 0.1) is 23.0 Å². The van der Waals surface area contributed by atoms with Crippen molar-refractivity contribution in [2.45, 2.75) is 25.5 Å². The Morgan fingerprint density at radius 1 is 1.55 bits per heavy atom. The van der Waals surface area contributed by atoms with Crippen LogP contribution < -0.4 is 5.32 Å². The topological polar surface area (TPSA) is 74.5 Å². The minimum Gasteiger partial charge on any atom is -0.382 e. The van der Waals surface area contributed by atoms with Crippen LogP contribution >= 0.6 is 0 Å².